The summed E-state index contributed by atoms with van der Waals surface area (Å²) in [7, 11) is -0.0489. The third kappa shape index (κ3) is 14.2. The number of ether oxygens (including phenoxy) is 3. The van der Waals surface area contributed by atoms with E-state index in [2.05, 4.69) is 116 Å². The van der Waals surface area contributed by atoms with Crippen molar-refractivity contribution in [3.63, 3.8) is 0 Å². The summed E-state index contributed by atoms with van der Waals surface area (Å²) in [6.45, 7) is 4.44. The van der Waals surface area contributed by atoms with E-state index in [0.717, 1.165) is 66.2 Å². The smallest absolute Gasteiger partial charge is 0.318 e. The van der Waals surface area contributed by atoms with Crippen molar-refractivity contribution in [1.29, 1.82) is 0 Å². The molecular formula is C68H75Br2O13PPd. The molecular weight excluding hydrogens is 1320 g/mol. The molecule has 0 aromatic heterocycles. The Kier molecular flexibility index (Phi) is 21.6. The van der Waals surface area contributed by atoms with Gasteiger partial charge in [0.1, 0.15) is 0 Å². The van der Waals surface area contributed by atoms with Crippen LogP contribution in [-0.4, -0.2) is 69.3 Å². The van der Waals surface area contributed by atoms with Crippen molar-refractivity contribution >= 4 is 92.8 Å². The van der Waals surface area contributed by atoms with Gasteiger partial charge < -0.3 is 24.4 Å². The van der Waals surface area contributed by atoms with Crippen LogP contribution in [0.15, 0.2) is 118 Å². The summed E-state index contributed by atoms with van der Waals surface area (Å²) in [4.78, 5) is 88.7. The van der Waals surface area contributed by atoms with E-state index < -0.39 is 11.9 Å². The molecule has 3 heterocycles. The summed E-state index contributed by atoms with van der Waals surface area (Å²) in [5.41, 5.74) is 8.80. The maximum atomic E-state index is 12.2. The second-order valence-electron chi connectivity index (χ2n) is 24.8. The number of aliphatic carboxylic acids is 2. The average molecular weight is 1400 g/mol. The van der Waals surface area contributed by atoms with Crippen molar-refractivity contribution in [2.45, 2.75) is 140 Å². The molecule has 0 spiro atoms. The molecule has 4 aromatic carbocycles. The third-order valence-corrected chi connectivity index (χ3v) is 24.5. The fraction of sp³-hybridized carbons (Fsp3) is 0.500. The Morgan fingerprint density at radius 2 is 0.812 bits per heavy atom. The van der Waals surface area contributed by atoms with Crippen LogP contribution in [0.25, 0.3) is 11.1 Å². The van der Waals surface area contributed by atoms with Gasteiger partial charge in [-0.3, -0.25) is 38.4 Å². The fourth-order valence-electron chi connectivity index (χ4n) is 16.6. The van der Waals surface area contributed by atoms with Crippen LogP contribution >= 0.6 is 39.8 Å². The van der Waals surface area contributed by atoms with Crippen molar-refractivity contribution in [1.82, 2.24) is 0 Å². The summed E-state index contributed by atoms with van der Waals surface area (Å²) in [5, 5.41) is 16.6. The number of benzene rings is 4. The van der Waals surface area contributed by atoms with Gasteiger partial charge in [-0.25, -0.2) is 0 Å². The van der Waals surface area contributed by atoms with Crippen molar-refractivity contribution in [3.05, 3.63) is 135 Å². The molecule has 17 heteroatoms. The molecule has 4 aromatic rings. The van der Waals surface area contributed by atoms with E-state index in [1.165, 1.54) is 92.0 Å². The SMILES string of the molecule is Brc1ccc(Br)cc1.CC(=O)O.CC(=O)O.Cc1ccccc1-c1ccccc1P(C1CCCCC1)C1CCCCC1.O=C1OC(=O)C2C3C=CC(C3)C12.O=C1OC(=O)C2C3CC(CC3c3ccc(C4CC5CC4C4C(=O)OC(=O)C54)cc3)C12.[Pd]. The number of carbonyl (C=O) groups is 8. The standard InChI is InChI=1S/C25H33P.C24H22O6.C9H8O3.C6H4Br2.2C2H4O2.Pd/c1-20-12-8-9-17-23(20)24-18-10-11-19-25(24)26(21-13-4-2-5-14-21)22-15-6-3-7-16-22;25-21-17-11-5-13(15(7-11)19(17)23(27)29-21)9-1-2-10(4-3-9)14-6-12-8-16(14)20-18(12)22(26)30-24(20)28;10-8-6-4-1-2-5(3-4)7(6)9(11)12-8;7-5-1-2-6(8)4-3-5;2*1-2(3)4;/h8-12,17-19,21-22H,2-7,13-16H2,1H3;1-4,11-20H,5-8H2;1-2,4-7H,3H2;1-4H;2*1H3,(H,3,4);. The van der Waals surface area contributed by atoms with Crippen molar-refractivity contribution in [2.24, 2.45) is 71.0 Å². The van der Waals surface area contributed by atoms with Crippen molar-refractivity contribution in [3.8, 4) is 11.1 Å². The first-order valence-corrected chi connectivity index (χ1v) is 33.2. The zero-order chi connectivity index (χ0) is 59.5. The number of carboxylic acid groups (broad SMARTS) is 2. The molecule has 454 valence electrons. The van der Waals surface area contributed by atoms with Gasteiger partial charge in [-0.2, -0.15) is 0 Å². The van der Waals surface area contributed by atoms with Crippen LogP contribution in [0, 0.1) is 77.9 Å². The summed E-state index contributed by atoms with van der Waals surface area (Å²) in [5.74, 6) is -2.70. The van der Waals surface area contributed by atoms with Gasteiger partial charge in [0.15, 0.2) is 0 Å². The van der Waals surface area contributed by atoms with E-state index >= 15 is 0 Å². The maximum absolute atomic E-state index is 12.2. The first-order valence-electron chi connectivity index (χ1n) is 30.2. The molecule has 15 rings (SSSR count). The van der Waals surface area contributed by atoms with Crippen LogP contribution in [0.3, 0.4) is 0 Å². The average Bonchev–Trinajstić information content (AvgIpc) is 1.74. The summed E-state index contributed by atoms with van der Waals surface area (Å²) < 4.78 is 16.7. The monoisotopic (exact) mass is 1390 g/mol. The Morgan fingerprint density at radius 1 is 0.459 bits per heavy atom. The molecule has 13 nitrogen and oxygen atoms in total. The molecule has 10 fully saturated rings. The second-order valence-corrected chi connectivity index (χ2v) is 29.4. The number of halogens is 2. The molecule has 0 amide bonds. The number of esters is 6. The quantitative estimate of drug-likeness (QED) is 0.0461. The van der Waals surface area contributed by atoms with Gasteiger partial charge in [0, 0.05) is 43.2 Å². The molecule has 2 N–H and O–H groups in total. The fourth-order valence-corrected chi connectivity index (χ4v) is 21.1. The molecule has 11 aliphatic rings. The van der Waals surface area contributed by atoms with E-state index in [4.69, 9.17) is 29.3 Å². The predicted molar refractivity (Wildman–Crippen MR) is 325 cm³/mol. The molecule has 14 unspecified atom stereocenters. The largest absolute Gasteiger partial charge is 0.481 e. The van der Waals surface area contributed by atoms with Gasteiger partial charge in [0.2, 0.25) is 0 Å². The van der Waals surface area contributed by atoms with Gasteiger partial charge in [-0.15, -0.1) is 0 Å². The number of aryl methyl sites for hydroxylation is 1. The molecule has 85 heavy (non-hydrogen) atoms. The predicted octanol–water partition coefficient (Wildman–Crippen LogP) is 13.9. The number of carboxylic acids is 2. The number of fused-ring (bicyclic) bond motifs is 15. The van der Waals surface area contributed by atoms with Gasteiger partial charge in [-0.05, 0) is 181 Å². The Bertz CT molecular complexity index is 2990. The molecule has 3 saturated heterocycles. The number of hydrogen-bond donors (Lipinski definition) is 2. The van der Waals surface area contributed by atoms with Crippen LogP contribution in [0.5, 0.6) is 0 Å². The van der Waals surface area contributed by atoms with E-state index in [0.29, 0.717) is 11.8 Å². The molecule has 6 bridgehead atoms. The zero-order valence-electron chi connectivity index (χ0n) is 48.1. The first kappa shape index (κ1) is 64.5. The number of hydrogen-bond acceptors (Lipinski definition) is 11. The topological polar surface area (TPSA) is 205 Å². The summed E-state index contributed by atoms with van der Waals surface area (Å²) in [6, 6.07) is 35.1. The molecule has 0 radical (unpaired) electrons. The number of allylic oxidation sites excluding steroid dienone is 2. The van der Waals surface area contributed by atoms with Gasteiger partial charge in [0.05, 0.1) is 35.5 Å². The Morgan fingerprint density at radius 3 is 1.21 bits per heavy atom. The Hall–Kier alpha value is -4.97. The maximum Gasteiger partial charge on any atom is 0.318 e. The molecule has 14 atom stereocenters. The molecule has 8 aliphatic carbocycles. The van der Waals surface area contributed by atoms with Crippen LogP contribution in [0.1, 0.15) is 139 Å². The van der Waals surface area contributed by atoms with E-state index in [9.17, 15) is 28.8 Å². The van der Waals surface area contributed by atoms with E-state index in [-0.39, 0.29) is 135 Å². The van der Waals surface area contributed by atoms with Crippen molar-refractivity contribution < 1.29 is 83.2 Å². The summed E-state index contributed by atoms with van der Waals surface area (Å²) in [6.07, 6.45) is 23.5. The van der Waals surface area contributed by atoms with E-state index in [1.807, 2.05) is 36.4 Å². The Balaban J connectivity index is 0.000000141. The number of carbonyl (C=O) groups excluding carboxylic acids is 6. The number of rotatable bonds is 6. The zero-order valence-corrected chi connectivity index (χ0v) is 53.8. The molecule has 7 saturated carbocycles. The van der Waals surface area contributed by atoms with Gasteiger partial charge in [0.25, 0.3) is 11.9 Å². The van der Waals surface area contributed by atoms with Crippen LogP contribution in [0.4, 0.5) is 0 Å². The minimum atomic E-state index is -0.833. The van der Waals surface area contributed by atoms with Crippen molar-refractivity contribution in [2.75, 3.05) is 0 Å². The van der Waals surface area contributed by atoms with Crippen LogP contribution in [-0.2, 0) is 73.0 Å². The minimum absolute atomic E-state index is 0. The third-order valence-electron chi connectivity index (χ3n) is 19.9. The Labute approximate surface area is 529 Å². The molecule has 3 aliphatic heterocycles. The summed E-state index contributed by atoms with van der Waals surface area (Å²) >= 11 is 6.65. The first-order chi connectivity index (χ1) is 40.4. The van der Waals surface area contributed by atoms with Crippen LogP contribution < -0.4 is 5.30 Å². The number of cyclic esters (lactones) is 6. The van der Waals surface area contributed by atoms with Gasteiger partial charge >= 0.3 is 35.8 Å². The van der Waals surface area contributed by atoms with E-state index in [1.54, 1.807) is 5.30 Å². The minimum Gasteiger partial charge on any atom is -0.481 e. The normalized spacial score (nSPS) is 31.1. The van der Waals surface area contributed by atoms with Crippen LogP contribution in [0.2, 0.25) is 0 Å². The second kappa shape index (κ2) is 28.5. The van der Waals surface area contributed by atoms with Gasteiger partial charge in [-0.1, -0.05) is 163 Å².